The molecular weight excluding hydrogens is 680 g/mol. The second-order valence-electron chi connectivity index (χ2n) is 7.92. The molecule has 0 saturated carbocycles. The molecule has 0 bridgehead atoms. The van der Waals surface area contributed by atoms with Gasteiger partial charge in [-0.05, 0) is 11.1 Å². The van der Waals surface area contributed by atoms with Crippen molar-refractivity contribution >= 4 is 63.3 Å². The average Bonchev–Trinajstić information content (AvgIpc) is 3.10. The van der Waals surface area contributed by atoms with Gasteiger partial charge in [-0.15, -0.1) is 42.6 Å². The fraction of sp³-hybridized carbons (Fsp3) is 0. The van der Waals surface area contributed by atoms with E-state index in [4.69, 9.17) is 0 Å². The van der Waals surface area contributed by atoms with Gasteiger partial charge in [0.05, 0.1) is 0 Å². The largest absolute Gasteiger partial charge is 0.423 e. The first-order chi connectivity index (χ1) is 18.4. The maximum Gasteiger partial charge on any atom is 0.423 e. The molecule has 2 aliphatic heterocycles. The Morgan fingerprint density at radius 2 is 0.725 bits per heavy atom. The molecule has 0 N–H and O–H groups in total. The van der Waals surface area contributed by atoms with Crippen LogP contribution in [0.25, 0.3) is 11.1 Å². The number of carbonyl (C=O) groups excluding carboxylic acids is 1. The van der Waals surface area contributed by atoms with E-state index in [1.165, 1.54) is 36.4 Å². The Labute approximate surface area is 219 Å². The number of hydrogen-bond acceptors (Lipinski definition) is 7. The van der Waals surface area contributed by atoms with Crippen LogP contribution in [0.2, 0.25) is 0 Å². The summed E-state index contributed by atoms with van der Waals surface area (Å²) >= 11 is 0. The Kier molecular flexibility index (Phi) is 7.18. The lowest BCUT2D eigenvalue weighted by molar-refractivity contribution is -0.110. The second kappa shape index (κ2) is 9.65. The molecule has 2 heterocycles. The van der Waals surface area contributed by atoms with Crippen LogP contribution in [0, 0.1) is 0 Å². The molecule has 7 nitrogen and oxygen atoms in total. The highest BCUT2D eigenvalue weighted by Gasteiger charge is 2.54. The predicted octanol–water partition coefficient (Wildman–Crippen LogP) is 14.0. The van der Waals surface area contributed by atoms with Crippen LogP contribution in [-0.4, -0.2) is 5.78 Å². The van der Waals surface area contributed by atoms with E-state index < -0.39 is 73.9 Å². The van der Waals surface area contributed by atoms with Crippen LogP contribution in [0.1, 0.15) is 11.1 Å². The topological polar surface area (TPSA) is 91.2 Å². The number of allylic oxidation sites excluding steroid dienone is 4. The highest BCUT2D eigenvalue weighted by atomic mass is 31.3. The molecule has 0 radical (unpaired) electrons. The molecule has 2 atom stereocenters. The minimum atomic E-state index is -6.43. The monoisotopic (exact) mass is 690 g/mol. The molecular formula is C17H10F10N6OP6. The predicted molar refractivity (Wildman–Crippen MR) is 139 cm³/mol. The Morgan fingerprint density at radius 1 is 0.425 bits per heavy atom. The fourth-order valence-electron chi connectivity index (χ4n) is 4.01. The van der Waals surface area contributed by atoms with E-state index >= 15 is 8.39 Å². The lowest BCUT2D eigenvalue weighted by Gasteiger charge is -2.20. The summed E-state index contributed by atoms with van der Waals surface area (Å²) in [5, 5.41) is -3.20. The normalized spacial score (nSPS) is 29.8. The Morgan fingerprint density at radius 3 is 1.02 bits per heavy atom. The van der Waals surface area contributed by atoms with Gasteiger partial charge in [-0.1, -0.05) is 60.7 Å². The van der Waals surface area contributed by atoms with Crippen molar-refractivity contribution in [2.75, 3.05) is 0 Å². The van der Waals surface area contributed by atoms with E-state index in [1.807, 2.05) is 9.03 Å². The van der Waals surface area contributed by atoms with Crippen molar-refractivity contribution in [1.29, 1.82) is 0 Å². The van der Waals surface area contributed by atoms with Crippen LogP contribution < -0.4 is 0 Å². The molecule has 0 amide bonds. The number of hydrogen-bond donors (Lipinski definition) is 0. The molecule has 2 aromatic carbocycles. The van der Waals surface area contributed by atoms with Crippen LogP contribution in [0.3, 0.4) is 0 Å². The van der Waals surface area contributed by atoms with Gasteiger partial charge in [0.15, 0.2) is 0 Å². The highest BCUT2D eigenvalue weighted by molar-refractivity contribution is 7.83. The van der Waals surface area contributed by atoms with Gasteiger partial charge < -0.3 is 0 Å². The van der Waals surface area contributed by atoms with Gasteiger partial charge in [-0.2, -0.15) is 26.5 Å². The quantitative estimate of drug-likeness (QED) is 0.232. The lowest BCUT2D eigenvalue weighted by Crippen LogP contribution is -2.02. The number of rotatable bonds is 4. The van der Waals surface area contributed by atoms with Gasteiger partial charge in [-0.25, -0.2) is 0 Å². The second-order valence-corrected chi connectivity index (χ2v) is 18.9. The third-order valence-electron chi connectivity index (χ3n) is 5.18. The zero-order valence-corrected chi connectivity index (χ0v) is 24.2. The number of nitrogens with zero attached hydrogens (tertiary/aromatic N) is 6. The third-order valence-corrected chi connectivity index (χ3v) is 17.9. The fourth-order valence-corrected chi connectivity index (χ4v) is 16.7. The summed E-state index contributed by atoms with van der Waals surface area (Å²) < 4.78 is 161. The molecule has 5 rings (SSSR count). The van der Waals surface area contributed by atoms with E-state index in [0.29, 0.717) is 0 Å². The number of benzene rings is 2. The standard InChI is InChI=1S/C17H10F10N6OP6/c18-35(28-37(20,21)32-38(22,23)29-35)16-13(11-7-3-1-4-8-11)14(12-9-5-2-6-10-12)17(15(16)34)36(19)30-39(24,25)33-40(26,27)31-36/h1-10H. The summed E-state index contributed by atoms with van der Waals surface area (Å²) in [5.74, 6) is -2.05. The molecule has 0 spiro atoms. The molecule has 0 saturated heterocycles. The summed E-state index contributed by atoms with van der Waals surface area (Å²) in [6.07, 6.45) is 0. The molecule has 2 aromatic rings. The van der Waals surface area contributed by atoms with Crippen LogP contribution in [0.4, 0.5) is 42.0 Å². The van der Waals surface area contributed by atoms with Gasteiger partial charge in [0.25, 0.3) is 15.0 Å². The minimum Gasteiger partial charge on any atom is -0.288 e. The number of carbonyl (C=O) groups is 1. The minimum absolute atomic E-state index is 0.260. The molecule has 0 aromatic heterocycles. The van der Waals surface area contributed by atoms with E-state index in [9.17, 15) is 38.4 Å². The van der Waals surface area contributed by atoms with E-state index in [2.05, 4.69) is 18.1 Å². The van der Waals surface area contributed by atoms with Crippen molar-refractivity contribution in [3.05, 3.63) is 82.4 Å². The third kappa shape index (κ3) is 5.54. The van der Waals surface area contributed by atoms with E-state index in [0.717, 1.165) is 24.3 Å². The summed E-state index contributed by atoms with van der Waals surface area (Å²) in [5.41, 5.74) is -2.15. The van der Waals surface area contributed by atoms with Gasteiger partial charge in [0.2, 0.25) is 5.78 Å². The van der Waals surface area contributed by atoms with Crippen molar-refractivity contribution in [2.45, 2.75) is 0 Å². The summed E-state index contributed by atoms with van der Waals surface area (Å²) in [4.78, 5) is 13.8. The highest BCUT2D eigenvalue weighted by Crippen LogP contribution is 2.88. The molecule has 214 valence electrons. The van der Waals surface area contributed by atoms with Gasteiger partial charge in [-0.3, -0.25) is 4.79 Å². The van der Waals surface area contributed by atoms with Crippen molar-refractivity contribution < 1.29 is 46.8 Å². The number of Topliss-reactive ketones (excluding diaryl/α,β-unsaturated/α-hetero) is 1. The Balaban J connectivity index is 2.00. The van der Waals surface area contributed by atoms with E-state index in [-0.39, 0.29) is 11.1 Å². The zero-order chi connectivity index (χ0) is 29.4. The Bertz CT molecular complexity index is 1730. The first kappa shape index (κ1) is 29.8. The van der Waals surface area contributed by atoms with Crippen LogP contribution >= 0.6 is 46.3 Å². The van der Waals surface area contributed by atoms with E-state index in [1.54, 1.807) is 0 Å². The summed E-state index contributed by atoms with van der Waals surface area (Å²) in [7, 11) is -38.0. The first-order valence-electron chi connectivity index (χ1n) is 10.3. The number of ketones is 1. The average molecular weight is 690 g/mol. The number of halogens is 10. The zero-order valence-electron chi connectivity index (χ0n) is 18.8. The molecule has 23 heteroatoms. The smallest absolute Gasteiger partial charge is 0.288 e. The van der Waals surface area contributed by atoms with Crippen LogP contribution in [-0.2, 0) is 4.79 Å². The maximum absolute atomic E-state index is 16.3. The first-order valence-corrected chi connectivity index (χ1v) is 19.4. The lowest BCUT2D eigenvalue weighted by atomic mass is 9.95. The van der Waals surface area contributed by atoms with Gasteiger partial charge in [0.1, 0.15) is 10.6 Å². The summed E-state index contributed by atoms with van der Waals surface area (Å²) in [6.45, 7) is 0. The van der Waals surface area contributed by atoms with Crippen LogP contribution in [0.15, 0.2) is 98.4 Å². The summed E-state index contributed by atoms with van der Waals surface area (Å²) in [6, 6.07) is 12.6. The van der Waals surface area contributed by atoms with Crippen molar-refractivity contribution in [1.82, 2.24) is 0 Å². The van der Waals surface area contributed by atoms with Gasteiger partial charge >= 0.3 is 31.3 Å². The van der Waals surface area contributed by atoms with Crippen molar-refractivity contribution in [2.24, 2.45) is 27.1 Å². The maximum atomic E-state index is 16.3. The molecule has 1 aliphatic carbocycles. The Hall–Kier alpha value is -1.73. The SMILES string of the molecule is O=C1C(P2(F)=NP(F)(F)=NP(F)(F)=N2)=C(c2ccccc2)C(c2ccccc2)=C1P1(F)=NP(F)(F)=NP(F)(F)=N1. The molecule has 0 fully saturated rings. The molecule has 2 unspecified atom stereocenters. The van der Waals surface area contributed by atoms with Crippen molar-refractivity contribution in [3.63, 3.8) is 0 Å². The molecule has 3 aliphatic rings. The van der Waals surface area contributed by atoms with Crippen LogP contribution in [0.5, 0.6) is 0 Å². The molecule has 40 heavy (non-hydrogen) atoms. The van der Waals surface area contributed by atoms with Gasteiger partial charge in [0, 0.05) is 11.1 Å². The van der Waals surface area contributed by atoms with Crippen molar-refractivity contribution in [3.8, 4) is 0 Å².